The van der Waals surface area contributed by atoms with Gasteiger partial charge in [-0.3, -0.25) is 9.48 Å². The molecular weight excluding hydrogens is 414 g/mol. The number of aromatic nitrogens is 2. The highest BCUT2D eigenvalue weighted by atomic mass is 16.7. The minimum atomic E-state index is -0.831. The fourth-order valence-electron chi connectivity index (χ4n) is 4.33. The number of rotatable bonds is 7. The Morgan fingerprint density at radius 1 is 1.22 bits per heavy atom. The Bertz CT molecular complexity index is 1090. The number of esters is 2. The van der Waals surface area contributed by atoms with E-state index in [4.69, 9.17) is 9.47 Å². The zero-order valence-corrected chi connectivity index (χ0v) is 18.1. The Morgan fingerprint density at radius 3 is 2.53 bits per heavy atom. The van der Waals surface area contributed by atoms with E-state index in [1.807, 2.05) is 19.9 Å². The molecule has 3 atom stereocenters. The van der Waals surface area contributed by atoms with Crippen LogP contribution in [-0.2, 0) is 25.6 Å². The Kier molecular flexibility index (Phi) is 5.84. The van der Waals surface area contributed by atoms with Crippen LogP contribution in [0.5, 0.6) is 0 Å². The van der Waals surface area contributed by atoms with Crippen LogP contribution in [0.15, 0.2) is 42.1 Å². The first-order valence-corrected chi connectivity index (χ1v) is 10.5. The Hall–Kier alpha value is -3.46. The van der Waals surface area contributed by atoms with E-state index in [9.17, 15) is 19.5 Å². The van der Waals surface area contributed by atoms with Gasteiger partial charge in [0.25, 0.3) is 0 Å². The molecule has 1 amide bonds. The second-order valence-electron chi connectivity index (χ2n) is 7.91. The number of β-lactam (4-membered cyclic amide) rings is 1. The van der Waals surface area contributed by atoms with Gasteiger partial charge in [-0.25, -0.2) is 9.59 Å². The summed E-state index contributed by atoms with van der Waals surface area (Å²) >= 11 is 0. The molecule has 2 aliphatic heterocycles. The van der Waals surface area contributed by atoms with E-state index in [-0.39, 0.29) is 17.6 Å². The summed E-state index contributed by atoms with van der Waals surface area (Å²) in [5.74, 6) is -2.31. The molecule has 1 fully saturated rings. The number of aliphatic hydroxyl groups excluding tert-OH is 1. The molecular formula is C23H25N3O6. The first kappa shape index (κ1) is 21.8. The zero-order valence-electron chi connectivity index (χ0n) is 18.1. The number of hydrogen-bond donors (Lipinski definition) is 1. The molecule has 2 aromatic rings. The summed E-state index contributed by atoms with van der Waals surface area (Å²) in [6.45, 7) is 5.52. The van der Waals surface area contributed by atoms with Crippen molar-refractivity contribution in [2.24, 2.45) is 5.92 Å². The second-order valence-corrected chi connectivity index (χ2v) is 7.91. The molecule has 9 heteroatoms. The number of ether oxygens (including phenoxy) is 2. The van der Waals surface area contributed by atoms with Gasteiger partial charge in [0.2, 0.25) is 12.7 Å². The maximum absolute atomic E-state index is 13.0. The normalized spacial score (nSPS) is 20.6. The van der Waals surface area contributed by atoms with E-state index in [1.54, 1.807) is 41.9 Å². The molecule has 9 nitrogen and oxygen atoms in total. The maximum atomic E-state index is 13.0. The lowest BCUT2D eigenvalue weighted by Gasteiger charge is -2.44. The van der Waals surface area contributed by atoms with E-state index in [0.717, 1.165) is 5.69 Å². The van der Waals surface area contributed by atoms with Crippen LogP contribution in [0.3, 0.4) is 0 Å². The molecule has 1 aromatic carbocycles. The van der Waals surface area contributed by atoms with Crippen molar-refractivity contribution in [1.29, 1.82) is 0 Å². The number of nitrogens with zero attached hydrogens (tertiary/aromatic N) is 3. The summed E-state index contributed by atoms with van der Waals surface area (Å²) in [7, 11) is 0. The standard InChI is InChI=1S/C23H25N3O6/c1-4-25-13(2)10-17(24-25)16-11-18-19(14(3)27)21(28)26(18)20(16)23(30)32-12-31-22(29)15-8-6-5-7-9-15/h5-10,14,18-19,27H,4,11-12H2,1-3H3/t14-,18-,19-/m1/s1. The number of carbonyl (C=O) groups is 3. The molecule has 168 valence electrons. The van der Waals surface area contributed by atoms with Crippen LogP contribution >= 0.6 is 0 Å². The number of aryl methyl sites for hydroxylation is 2. The lowest BCUT2D eigenvalue weighted by Crippen LogP contribution is -2.61. The smallest absolute Gasteiger partial charge is 0.358 e. The van der Waals surface area contributed by atoms with E-state index >= 15 is 0 Å². The summed E-state index contributed by atoms with van der Waals surface area (Å²) in [5.41, 5.74) is 2.52. The zero-order chi connectivity index (χ0) is 23.0. The van der Waals surface area contributed by atoms with E-state index in [1.165, 1.54) is 4.90 Å². The van der Waals surface area contributed by atoms with Crippen LogP contribution in [0.1, 0.15) is 42.0 Å². The fraction of sp³-hybridized carbons (Fsp3) is 0.391. The van der Waals surface area contributed by atoms with E-state index in [0.29, 0.717) is 29.8 Å². The molecule has 0 bridgehead atoms. The van der Waals surface area contributed by atoms with Gasteiger partial charge >= 0.3 is 11.9 Å². The van der Waals surface area contributed by atoms with Crippen molar-refractivity contribution in [3.63, 3.8) is 0 Å². The molecule has 0 spiro atoms. The molecule has 3 heterocycles. The second kappa shape index (κ2) is 8.58. The lowest BCUT2D eigenvalue weighted by molar-refractivity contribution is -0.164. The van der Waals surface area contributed by atoms with Crippen molar-refractivity contribution in [3.05, 3.63) is 59.0 Å². The highest BCUT2D eigenvalue weighted by Crippen LogP contribution is 2.47. The van der Waals surface area contributed by atoms with Crippen LogP contribution in [0.2, 0.25) is 0 Å². The van der Waals surface area contributed by atoms with Gasteiger partial charge in [-0.2, -0.15) is 5.10 Å². The van der Waals surface area contributed by atoms with Crippen molar-refractivity contribution in [2.75, 3.05) is 6.79 Å². The van der Waals surface area contributed by atoms with E-state index in [2.05, 4.69) is 5.10 Å². The number of fused-ring (bicyclic) bond motifs is 1. The van der Waals surface area contributed by atoms with Crippen LogP contribution in [0.4, 0.5) is 0 Å². The predicted molar refractivity (Wildman–Crippen MR) is 113 cm³/mol. The number of benzene rings is 1. The van der Waals surface area contributed by atoms with Crippen molar-refractivity contribution < 1.29 is 29.0 Å². The third-order valence-electron chi connectivity index (χ3n) is 5.90. The topological polar surface area (TPSA) is 111 Å². The minimum Gasteiger partial charge on any atom is -0.424 e. The summed E-state index contributed by atoms with van der Waals surface area (Å²) in [4.78, 5) is 39.1. The van der Waals surface area contributed by atoms with Crippen LogP contribution in [0.25, 0.3) is 5.57 Å². The lowest BCUT2D eigenvalue weighted by atomic mass is 9.83. The molecule has 0 radical (unpaired) electrons. The molecule has 2 aliphatic rings. The average Bonchev–Trinajstić information content (AvgIpc) is 3.31. The quantitative estimate of drug-likeness (QED) is 0.398. The summed E-state index contributed by atoms with van der Waals surface area (Å²) in [6, 6.07) is 9.87. The summed E-state index contributed by atoms with van der Waals surface area (Å²) in [5, 5.41) is 14.6. The largest absolute Gasteiger partial charge is 0.424 e. The highest BCUT2D eigenvalue weighted by molar-refractivity contribution is 6.06. The SMILES string of the molecule is CCn1nc(C2=C(C(=O)OCOC(=O)c3ccccc3)N3C(=O)[C@H]([C@@H](C)O)[C@H]3C2)cc1C. The monoisotopic (exact) mass is 439 g/mol. The minimum absolute atomic E-state index is 0.0911. The van der Waals surface area contributed by atoms with Crippen molar-refractivity contribution >= 4 is 23.4 Å². The molecule has 0 saturated carbocycles. The number of aliphatic hydroxyl groups is 1. The number of hydrogen-bond acceptors (Lipinski definition) is 7. The van der Waals surface area contributed by atoms with Crippen molar-refractivity contribution in [3.8, 4) is 0 Å². The van der Waals surface area contributed by atoms with Gasteiger partial charge in [0.15, 0.2) is 0 Å². The first-order chi connectivity index (χ1) is 15.3. The summed E-state index contributed by atoms with van der Waals surface area (Å²) in [6.07, 6.45) is -0.447. The van der Waals surface area contributed by atoms with Crippen molar-refractivity contribution in [1.82, 2.24) is 14.7 Å². The van der Waals surface area contributed by atoms with Crippen molar-refractivity contribution in [2.45, 2.75) is 45.9 Å². The van der Waals surface area contributed by atoms with Gasteiger partial charge in [-0.15, -0.1) is 0 Å². The maximum Gasteiger partial charge on any atom is 0.358 e. The number of carbonyl (C=O) groups excluding carboxylic acids is 3. The first-order valence-electron chi connectivity index (χ1n) is 10.5. The van der Waals surface area contributed by atoms with Gasteiger partial charge < -0.3 is 19.5 Å². The van der Waals surface area contributed by atoms with Gasteiger partial charge in [0.1, 0.15) is 5.70 Å². The van der Waals surface area contributed by atoms with Gasteiger partial charge in [0, 0.05) is 17.8 Å². The number of amides is 1. The molecule has 0 unspecified atom stereocenters. The van der Waals surface area contributed by atoms with Crippen LogP contribution in [-0.4, -0.2) is 56.6 Å². The summed E-state index contributed by atoms with van der Waals surface area (Å²) < 4.78 is 12.0. The highest BCUT2D eigenvalue weighted by Gasteiger charge is 2.57. The molecule has 1 saturated heterocycles. The van der Waals surface area contributed by atoms with Gasteiger partial charge in [0.05, 0.1) is 29.3 Å². The molecule has 1 N–H and O–H groups in total. The predicted octanol–water partition coefficient (Wildman–Crippen LogP) is 1.89. The molecule has 4 rings (SSSR count). The Balaban J connectivity index is 1.55. The fourth-order valence-corrected chi connectivity index (χ4v) is 4.33. The van der Waals surface area contributed by atoms with Crippen LogP contribution < -0.4 is 0 Å². The Morgan fingerprint density at radius 2 is 1.91 bits per heavy atom. The van der Waals surface area contributed by atoms with Crippen LogP contribution in [0, 0.1) is 12.8 Å². The third kappa shape index (κ3) is 3.69. The average molecular weight is 439 g/mol. The van der Waals surface area contributed by atoms with Gasteiger partial charge in [-0.05, 0) is 45.4 Å². The molecule has 0 aliphatic carbocycles. The van der Waals surface area contributed by atoms with Gasteiger partial charge in [-0.1, -0.05) is 18.2 Å². The third-order valence-corrected chi connectivity index (χ3v) is 5.90. The molecule has 32 heavy (non-hydrogen) atoms. The Labute approximate surface area is 185 Å². The van der Waals surface area contributed by atoms with E-state index < -0.39 is 30.8 Å². The molecule has 1 aromatic heterocycles.